The van der Waals surface area contributed by atoms with E-state index in [1.54, 1.807) is 17.4 Å². The van der Waals surface area contributed by atoms with Gasteiger partial charge in [-0.1, -0.05) is 0 Å². The van der Waals surface area contributed by atoms with Crippen LogP contribution in [0.1, 0.15) is 5.56 Å². The average molecular weight is 300 g/mol. The standard InChI is InChI=1S/C12H13FN2O2S2/c1-19(16,17)15-12-6-10(2-3-11(12)13)14-7-9-4-5-18-8-9/h2-6,8,14-15H,7H2,1H3. The fourth-order valence-electron chi connectivity index (χ4n) is 1.51. The zero-order valence-electron chi connectivity index (χ0n) is 10.2. The number of sulfonamides is 1. The maximum absolute atomic E-state index is 13.5. The highest BCUT2D eigenvalue weighted by atomic mass is 32.2. The summed E-state index contributed by atoms with van der Waals surface area (Å²) in [4.78, 5) is 0. The average Bonchev–Trinajstić information content (AvgIpc) is 2.81. The molecule has 4 nitrogen and oxygen atoms in total. The van der Waals surface area contributed by atoms with Gasteiger partial charge in [0, 0.05) is 12.2 Å². The first-order chi connectivity index (χ1) is 8.94. The van der Waals surface area contributed by atoms with Gasteiger partial charge in [-0.05, 0) is 40.6 Å². The number of anilines is 2. The zero-order chi connectivity index (χ0) is 13.9. The number of nitrogens with one attached hydrogen (secondary N) is 2. The molecule has 2 N–H and O–H groups in total. The van der Waals surface area contributed by atoms with Crippen molar-refractivity contribution >= 4 is 32.7 Å². The van der Waals surface area contributed by atoms with Crippen molar-refractivity contribution in [3.05, 3.63) is 46.4 Å². The molecule has 7 heteroatoms. The van der Waals surface area contributed by atoms with E-state index in [1.807, 2.05) is 16.8 Å². The maximum atomic E-state index is 13.5. The van der Waals surface area contributed by atoms with E-state index in [0.29, 0.717) is 12.2 Å². The smallest absolute Gasteiger partial charge is 0.229 e. The third kappa shape index (κ3) is 4.22. The molecule has 102 valence electrons. The van der Waals surface area contributed by atoms with E-state index in [1.165, 1.54) is 12.1 Å². The monoisotopic (exact) mass is 300 g/mol. The first-order valence-electron chi connectivity index (χ1n) is 5.46. The van der Waals surface area contributed by atoms with Crippen LogP contribution in [0.3, 0.4) is 0 Å². The van der Waals surface area contributed by atoms with E-state index in [0.717, 1.165) is 11.8 Å². The van der Waals surface area contributed by atoms with Crippen LogP contribution in [0.5, 0.6) is 0 Å². The third-order valence-corrected chi connectivity index (χ3v) is 3.66. The lowest BCUT2D eigenvalue weighted by Gasteiger charge is -2.09. The summed E-state index contributed by atoms with van der Waals surface area (Å²) in [5.74, 6) is -0.605. The van der Waals surface area contributed by atoms with Gasteiger partial charge in [-0.2, -0.15) is 11.3 Å². The summed E-state index contributed by atoms with van der Waals surface area (Å²) in [5.41, 5.74) is 1.71. The molecule has 0 saturated heterocycles. The molecule has 0 aliphatic carbocycles. The van der Waals surface area contributed by atoms with Gasteiger partial charge in [0.2, 0.25) is 10.0 Å². The van der Waals surface area contributed by atoms with Crippen molar-refractivity contribution in [2.45, 2.75) is 6.54 Å². The topological polar surface area (TPSA) is 58.2 Å². The van der Waals surface area contributed by atoms with Crippen LogP contribution in [-0.2, 0) is 16.6 Å². The minimum absolute atomic E-state index is 0.0576. The van der Waals surface area contributed by atoms with Crippen molar-refractivity contribution in [1.29, 1.82) is 0 Å². The summed E-state index contributed by atoms with van der Waals surface area (Å²) in [6, 6.07) is 6.21. The first-order valence-corrected chi connectivity index (χ1v) is 8.30. The Labute approximate surface area is 115 Å². The van der Waals surface area contributed by atoms with Crippen LogP contribution in [0.2, 0.25) is 0 Å². The number of rotatable bonds is 5. The van der Waals surface area contributed by atoms with Crippen LogP contribution < -0.4 is 10.0 Å². The first kappa shape index (κ1) is 13.8. The fraction of sp³-hybridized carbons (Fsp3) is 0.167. The number of hydrogen-bond acceptors (Lipinski definition) is 4. The molecule has 2 rings (SSSR count). The molecule has 1 aromatic carbocycles. The van der Waals surface area contributed by atoms with Crippen LogP contribution in [0.25, 0.3) is 0 Å². The van der Waals surface area contributed by atoms with Crippen LogP contribution in [-0.4, -0.2) is 14.7 Å². The largest absolute Gasteiger partial charge is 0.381 e. The molecule has 1 heterocycles. The summed E-state index contributed by atoms with van der Waals surface area (Å²) in [6.07, 6.45) is 0.984. The summed E-state index contributed by atoms with van der Waals surface area (Å²) in [6.45, 7) is 0.605. The van der Waals surface area contributed by atoms with Crippen molar-refractivity contribution in [2.75, 3.05) is 16.3 Å². The Balaban J connectivity index is 2.12. The second-order valence-electron chi connectivity index (χ2n) is 4.05. The van der Waals surface area contributed by atoms with Crippen LogP contribution in [0.15, 0.2) is 35.0 Å². The molecule has 0 radical (unpaired) electrons. The second kappa shape index (κ2) is 5.58. The van der Waals surface area contributed by atoms with Gasteiger partial charge in [0.25, 0.3) is 0 Å². The molecular weight excluding hydrogens is 287 g/mol. The van der Waals surface area contributed by atoms with E-state index in [9.17, 15) is 12.8 Å². The molecule has 0 saturated carbocycles. The number of benzene rings is 1. The highest BCUT2D eigenvalue weighted by molar-refractivity contribution is 7.92. The molecule has 0 aliphatic rings. The van der Waals surface area contributed by atoms with Crippen molar-refractivity contribution in [1.82, 2.24) is 0 Å². The molecule has 0 aliphatic heterocycles. The Morgan fingerprint density at radius 1 is 1.32 bits per heavy atom. The lowest BCUT2D eigenvalue weighted by atomic mass is 10.2. The van der Waals surface area contributed by atoms with Crippen molar-refractivity contribution in [2.24, 2.45) is 0 Å². The van der Waals surface area contributed by atoms with Gasteiger partial charge in [-0.25, -0.2) is 12.8 Å². The van der Waals surface area contributed by atoms with Gasteiger partial charge in [0.1, 0.15) is 5.82 Å². The molecular formula is C12H13FN2O2S2. The number of halogens is 1. The lowest BCUT2D eigenvalue weighted by molar-refractivity contribution is 0.604. The molecule has 19 heavy (non-hydrogen) atoms. The van der Waals surface area contributed by atoms with E-state index in [4.69, 9.17) is 0 Å². The van der Waals surface area contributed by atoms with Gasteiger partial charge >= 0.3 is 0 Å². The molecule has 0 atom stereocenters. The molecule has 0 fully saturated rings. The highest BCUT2D eigenvalue weighted by Gasteiger charge is 2.08. The van der Waals surface area contributed by atoms with E-state index in [-0.39, 0.29) is 5.69 Å². The summed E-state index contributed by atoms with van der Waals surface area (Å²) < 4.78 is 37.8. The van der Waals surface area contributed by atoms with Gasteiger partial charge in [0.15, 0.2) is 0 Å². The SMILES string of the molecule is CS(=O)(=O)Nc1cc(NCc2ccsc2)ccc1F. The molecule has 2 aromatic rings. The Bertz CT molecular complexity index is 654. The van der Waals surface area contributed by atoms with E-state index in [2.05, 4.69) is 10.0 Å². The third-order valence-electron chi connectivity index (χ3n) is 2.34. The van der Waals surface area contributed by atoms with Crippen molar-refractivity contribution in [3.63, 3.8) is 0 Å². The Morgan fingerprint density at radius 2 is 2.11 bits per heavy atom. The van der Waals surface area contributed by atoms with Crippen molar-refractivity contribution in [3.8, 4) is 0 Å². The molecule has 0 bridgehead atoms. The number of hydrogen-bond donors (Lipinski definition) is 2. The normalized spacial score (nSPS) is 11.3. The minimum atomic E-state index is -3.49. The molecule has 0 spiro atoms. The molecule has 1 aromatic heterocycles. The quantitative estimate of drug-likeness (QED) is 0.892. The van der Waals surface area contributed by atoms with E-state index < -0.39 is 15.8 Å². The van der Waals surface area contributed by atoms with Gasteiger partial charge in [0.05, 0.1) is 11.9 Å². The predicted molar refractivity (Wildman–Crippen MR) is 76.5 cm³/mol. The maximum Gasteiger partial charge on any atom is 0.229 e. The second-order valence-corrected chi connectivity index (χ2v) is 6.58. The lowest BCUT2D eigenvalue weighted by Crippen LogP contribution is -2.11. The Kier molecular flexibility index (Phi) is 4.06. The predicted octanol–water partition coefficient (Wildman–Crippen LogP) is 2.87. The summed E-state index contributed by atoms with van der Waals surface area (Å²) in [7, 11) is -3.49. The van der Waals surface area contributed by atoms with Crippen LogP contribution >= 0.6 is 11.3 Å². The summed E-state index contributed by atoms with van der Waals surface area (Å²) >= 11 is 1.60. The van der Waals surface area contributed by atoms with Crippen LogP contribution in [0, 0.1) is 5.82 Å². The molecule has 0 unspecified atom stereocenters. The Morgan fingerprint density at radius 3 is 2.74 bits per heavy atom. The van der Waals surface area contributed by atoms with Crippen molar-refractivity contribution < 1.29 is 12.8 Å². The van der Waals surface area contributed by atoms with Gasteiger partial charge in [-0.3, -0.25) is 4.72 Å². The van der Waals surface area contributed by atoms with Crippen LogP contribution in [0.4, 0.5) is 15.8 Å². The molecule has 0 amide bonds. The Hall–Kier alpha value is -1.60. The van der Waals surface area contributed by atoms with Gasteiger partial charge in [-0.15, -0.1) is 0 Å². The fourth-order valence-corrected chi connectivity index (χ4v) is 2.74. The minimum Gasteiger partial charge on any atom is -0.381 e. The zero-order valence-corrected chi connectivity index (χ0v) is 11.8. The number of thiophene rings is 1. The van der Waals surface area contributed by atoms with E-state index >= 15 is 0 Å². The van der Waals surface area contributed by atoms with Gasteiger partial charge < -0.3 is 5.32 Å². The summed E-state index contributed by atoms with van der Waals surface area (Å²) in [5, 5.41) is 7.08. The highest BCUT2D eigenvalue weighted by Crippen LogP contribution is 2.21.